The molecule has 0 saturated carbocycles. The molecule has 3 aromatic rings. The lowest BCUT2D eigenvalue weighted by Crippen LogP contribution is -1.95. The first-order chi connectivity index (χ1) is 9.35. The molecule has 0 amide bonds. The molecular weight excluding hydrogens is 240 g/mol. The van der Waals surface area contributed by atoms with Crippen LogP contribution >= 0.6 is 0 Å². The third-order valence-corrected chi connectivity index (χ3v) is 2.84. The molecule has 1 heterocycles. The van der Waals surface area contributed by atoms with Crippen LogP contribution in [-0.2, 0) is 13.2 Å². The average Bonchev–Trinajstić information content (AvgIpc) is 2.88. The van der Waals surface area contributed by atoms with E-state index in [1.165, 1.54) is 0 Å². The summed E-state index contributed by atoms with van der Waals surface area (Å²) in [5.74, 6) is 1.36. The molecule has 4 nitrogen and oxygen atoms in total. The van der Waals surface area contributed by atoms with Crippen molar-refractivity contribution in [3.8, 4) is 5.75 Å². The van der Waals surface area contributed by atoms with Crippen molar-refractivity contribution >= 4 is 11.1 Å². The molecule has 96 valence electrons. The van der Waals surface area contributed by atoms with Crippen LogP contribution in [0.4, 0.5) is 0 Å². The van der Waals surface area contributed by atoms with Crippen molar-refractivity contribution < 1.29 is 9.15 Å². The SMILES string of the molecule is NCc1ccc2oc(COc3ccccc3)nc2c1. The molecule has 0 unspecified atom stereocenters. The Morgan fingerprint density at radius 2 is 1.95 bits per heavy atom. The van der Waals surface area contributed by atoms with Crippen molar-refractivity contribution in [1.29, 1.82) is 0 Å². The highest BCUT2D eigenvalue weighted by atomic mass is 16.5. The number of nitrogens with zero attached hydrogens (tertiary/aromatic N) is 1. The number of fused-ring (bicyclic) bond motifs is 1. The summed E-state index contributed by atoms with van der Waals surface area (Å²) >= 11 is 0. The highest BCUT2D eigenvalue weighted by Gasteiger charge is 2.06. The van der Waals surface area contributed by atoms with E-state index in [1.54, 1.807) is 0 Å². The Hall–Kier alpha value is -2.33. The smallest absolute Gasteiger partial charge is 0.233 e. The van der Waals surface area contributed by atoms with Gasteiger partial charge in [0.25, 0.3) is 0 Å². The third kappa shape index (κ3) is 2.58. The fourth-order valence-electron chi connectivity index (χ4n) is 1.87. The number of hydrogen-bond donors (Lipinski definition) is 1. The molecule has 2 N–H and O–H groups in total. The van der Waals surface area contributed by atoms with Crippen LogP contribution in [0.15, 0.2) is 52.9 Å². The lowest BCUT2D eigenvalue weighted by Gasteiger charge is -2.01. The van der Waals surface area contributed by atoms with E-state index in [1.807, 2.05) is 48.5 Å². The van der Waals surface area contributed by atoms with Gasteiger partial charge in [-0.25, -0.2) is 4.98 Å². The van der Waals surface area contributed by atoms with E-state index in [0.717, 1.165) is 22.4 Å². The zero-order chi connectivity index (χ0) is 13.1. The van der Waals surface area contributed by atoms with Crippen LogP contribution in [0.2, 0.25) is 0 Å². The minimum absolute atomic E-state index is 0.316. The molecule has 0 fully saturated rings. The number of rotatable bonds is 4. The zero-order valence-corrected chi connectivity index (χ0v) is 10.4. The van der Waals surface area contributed by atoms with Gasteiger partial charge in [-0.2, -0.15) is 0 Å². The number of aromatic nitrogens is 1. The molecule has 3 rings (SSSR count). The quantitative estimate of drug-likeness (QED) is 0.777. The molecule has 2 aromatic carbocycles. The Labute approximate surface area is 110 Å². The Morgan fingerprint density at radius 3 is 2.74 bits per heavy atom. The summed E-state index contributed by atoms with van der Waals surface area (Å²) in [6.07, 6.45) is 0. The minimum Gasteiger partial charge on any atom is -0.484 e. The number of ether oxygens (including phenoxy) is 1. The molecule has 0 atom stereocenters. The molecule has 0 bridgehead atoms. The Bertz CT molecular complexity index is 677. The summed E-state index contributed by atoms with van der Waals surface area (Å²) < 4.78 is 11.2. The second kappa shape index (κ2) is 5.12. The fraction of sp³-hybridized carbons (Fsp3) is 0.133. The van der Waals surface area contributed by atoms with Gasteiger partial charge in [-0.05, 0) is 29.8 Å². The molecule has 4 heteroatoms. The highest BCUT2D eigenvalue weighted by molar-refractivity contribution is 5.73. The van der Waals surface area contributed by atoms with Crippen molar-refractivity contribution in [1.82, 2.24) is 4.98 Å². The molecular formula is C15H14N2O2. The third-order valence-electron chi connectivity index (χ3n) is 2.84. The van der Waals surface area contributed by atoms with Gasteiger partial charge in [-0.3, -0.25) is 0 Å². The van der Waals surface area contributed by atoms with E-state index < -0.39 is 0 Å². The van der Waals surface area contributed by atoms with Gasteiger partial charge in [0.1, 0.15) is 11.3 Å². The zero-order valence-electron chi connectivity index (χ0n) is 10.4. The van der Waals surface area contributed by atoms with Crippen LogP contribution in [0, 0.1) is 0 Å². The van der Waals surface area contributed by atoms with Gasteiger partial charge in [0.15, 0.2) is 12.2 Å². The van der Waals surface area contributed by atoms with E-state index in [-0.39, 0.29) is 0 Å². The van der Waals surface area contributed by atoms with Gasteiger partial charge in [-0.15, -0.1) is 0 Å². The minimum atomic E-state index is 0.316. The van der Waals surface area contributed by atoms with Crippen LogP contribution in [0.3, 0.4) is 0 Å². The lowest BCUT2D eigenvalue weighted by atomic mass is 10.2. The van der Waals surface area contributed by atoms with E-state index in [4.69, 9.17) is 14.9 Å². The Morgan fingerprint density at radius 1 is 1.11 bits per heavy atom. The summed E-state index contributed by atoms with van der Waals surface area (Å²) in [6.45, 7) is 0.815. The fourth-order valence-corrected chi connectivity index (χ4v) is 1.87. The monoisotopic (exact) mass is 254 g/mol. The highest BCUT2D eigenvalue weighted by Crippen LogP contribution is 2.18. The Balaban J connectivity index is 1.78. The van der Waals surface area contributed by atoms with Gasteiger partial charge in [0.2, 0.25) is 5.89 Å². The van der Waals surface area contributed by atoms with Gasteiger partial charge in [-0.1, -0.05) is 24.3 Å². The maximum atomic E-state index is 5.61. The van der Waals surface area contributed by atoms with Gasteiger partial charge >= 0.3 is 0 Å². The molecule has 0 aliphatic rings. The molecule has 0 radical (unpaired) electrons. The maximum Gasteiger partial charge on any atom is 0.233 e. The number of para-hydroxylation sites is 1. The molecule has 0 saturated heterocycles. The second-order valence-electron chi connectivity index (χ2n) is 4.22. The largest absolute Gasteiger partial charge is 0.484 e. The van der Waals surface area contributed by atoms with Crippen molar-refractivity contribution in [3.05, 3.63) is 60.0 Å². The van der Waals surface area contributed by atoms with Crippen LogP contribution < -0.4 is 10.5 Å². The predicted molar refractivity (Wildman–Crippen MR) is 72.7 cm³/mol. The predicted octanol–water partition coefficient (Wildman–Crippen LogP) is 2.87. The first-order valence-electron chi connectivity index (χ1n) is 6.11. The number of benzene rings is 2. The molecule has 0 aliphatic carbocycles. The molecule has 1 aromatic heterocycles. The topological polar surface area (TPSA) is 61.3 Å². The summed E-state index contributed by atoms with van der Waals surface area (Å²) in [6, 6.07) is 15.4. The first-order valence-corrected chi connectivity index (χ1v) is 6.11. The van der Waals surface area contributed by atoms with E-state index in [0.29, 0.717) is 19.0 Å². The van der Waals surface area contributed by atoms with Crippen LogP contribution in [0.1, 0.15) is 11.5 Å². The van der Waals surface area contributed by atoms with Gasteiger partial charge < -0.3 is 14.9 Å². The second-order valence-corrected chi connectivity index (χ2v) is 4.22. The number of hydrogen-bond acceptors (Lipinski definition) is 4. The van der Waals surface area contributed by atoms with Crippen LogP contribution in [0.25, 0.3) is 11.1 Å². The standard InChI is InChI=1S/C15H14N2O2/c16-9-11-6-7-14-13(8-11)17-15(19-14)10-18-12-4-2-1-3-5-12/h1-8H,9-10,16H2. The summed E-state index contributed by atoms with van der Waals surface area (Å²) in [7, 11) is 0. The molecule has 19 heavy (non-hydrogen) atoms. The van der Waals surface area contributed by atoms with Gasteiger partial charge in [0, 0.05) is 6.54 Å². The molecule has 0 aliphatic heterocycles. The van der Waals surface area contributed by atoms with E-state index >= 15 is 0 Å². The van der Waals surface area contributed by atoms with Crippen LogP contribution in [0.5, 0.6) is 5.75 Å². The number of nitrogens with two attached hydrogens (primary N) is 1. The lowest BCUT2D eigenvalue weighted by molar-refractivity contribution is 0.267. The van der Waals surface area contributed by atoms with E-state index in [2.05, 4.69) is 4.98 Å². The average molecular weight is 254 g/mol. The van der Waals surface area contributed by atoms with Crippen molar-refractivity contribution in [2.24, 2.45) is 5.73 Å². The first kappa shape index (κ1) is 11.7. The number of oxazole rings is 1. The summed E-state index contributed by atoms with van der Waals surface area (Å²) in [4.78, 5) is 4.39. The normalized spacial score (nSPS) is 10.8. The summed E-state index contributed by atoms with van der Waals surface area (Å²) in [5.41, 5.74) is 8.21. The van der Waals surface area contributed by atoms with Crippen LogP contribution in [-0.4, -0.2) is 4.98 Å². The van der Waals surface area contributed by atoms with Crippen molar-refractivity contribution in [3.63, 3.8) is 0 Å². The van der Waals surface area contributed by atoms with E-state index in [9.17, 15) is 0 Å². The maximum absolute atomic E-state index is 5.61. The summed E-state index contributed by atoms with van der Waals surface area (Å²) in [5, 5.41) is 0. The molecule has 0 spiro atoms. The van der Waals surface area contributed by atoms with Crippen molar-refractivity contribution in [2.45, 2.75) is 13.2 Å². The van der Waals surface area contributed by atoms with Gasteiger partial charge in [0.05, 0.1) is 0 Å². The van der Waals surface area contributed by atoms with Crippen molar-refractivity contribution in [2.75, 3.05) is 0 Å². The Kier molecular flexibility index (Phi) is 3.16.